The molecule has 0 saturated heterocycles. The summed E-state index contributed by atoms with van der Waals surface area (Å²) in [6, 6.07) is 3.96. The van der Waals surface area contributed by atoms with E-state index in [1.807, 2.05) is 29.0 Å². The molecule has 0 spiro atoms. The molecule has 0 aliphatic rings. The molecular formula is C10H13N3. The standard InChI is InChI=1S/C10H13N3/c1-3-8(2)10-11-6-4-9-5-7-12-13(9)10/h4-8H,3H2,1-2H3. The Morgan fingerprint density at radius 2 is 2.15 bits per heavy atom. The molecule has 2 rings (SSSR count). The molecule has 3 nitrogen and oxygen atoms in total. The van der Waals surface area contributed by atoms with Gasteiger partial charge in [-0.15, -0.1) is 0 Å². The van der Waals surface area contributed by atoms with Crippen molar-refractivity contribution in [2.75, 3.05) is 0 Å². The summed E-state index contributed by atoms with van der Waals surface area (Å²) in [4.78, 5) is 4.35. The first-order chi connectivity index (χ1) is 6.33. The molecule has 0 fully saturated rings. The molecule has 0 saturated carbocycles. The molecule has 68 valence electrons. The van der Waals surface area contributed by atoms with Gasteiger partial charge < -0.3 is 0 Å². The van der Waals surface area contributed by atoms with E-state index < -0.39 is 0 Å². The Bertz CT molecular complexity index is 405. The first-order valence-corrected chi connectivity index (χ1v) is 4.61. The SMILES string of the molecule is CCC(C)c1nccc2ccnn12. The van der Waals surface area contributed by atoms with Gasteiger partial charge in [-0.25, -0.2) is 9.50 Å². The normalized spacial score (nSPS) is 13.4. The summed E-state index contributed by atoms with van der Waals surface area (Å²) in [6.45, 7) is 4.33. The Labute approximate surface area is 77.4 Å². The summed E-state index contributed by atoms with van der Waals surface area (Å²) in [6.07, 6.45) is 4.74. The Balaban J connectivity index is 2.60. The van der Waals surface area contributed by atoms with Crippen molar-refractivity contribution >= 4 is 5.52 Å². The molecule has 1 atom stereocenters. The Morgan fingerprint density at radius 3 is 2.92 bits per heavy atom. The van der Waals surface area contributed by atoms with E-state index in [9.17, 15) is 0 Å². The average Bonchev–Trinajstić information content (AvgIpc) is 2.63. The second-order valence-corrected chi connectivity index (χ2v) is 3.28. The van der Waals surface area contributed by atoms with Gasteiger partial charge in [-0.05, 0) is 18.6 Å². The highest BCUT2D eigenvalue weighted by Crippen LogP contribution is 2.16. The van der Waals surface area contributed by atoms with Crippen molar-refractivity contribution in [3.8, 4) is 0 Å². The van der Waals surface area contributed by atoms with Crippen LogP contribution < -0.4 is 0 Å². The first-order valence-electron chi connectivity index (χ1n) is 4.61. The molecule has 0 N–H and O–H groups in total. The van der Waals surface area contributed by atoms with Crippen LogP contribution in [0.2, 0.25) is 0 Å². The van der Waals surface area contributed by atoms with Crippen molar-refractivity contribution in [2.24, 2.45) is 0 Å². The lowest BCUT2D eigenvalue weighted by Gasteiger charge is -2.08. The van der Waals surface area contributed by atoms with E-state index in [2.05, 4.69) is 23.9 Å². The largest absolute Gasteiger partial charge is 0.241 e. The van der Waals surface area contributed by atoms with Gasteiger partial charge in [-0.1, -0.05) is 13.8 Å². The van der Waals surface area contributed by atoms with Crippen molar-refractivity contribution in [2.45, 2.75) is 26.2 Å². The minimum atomic E-state index is 0.462. The van der Waals surface area contributed by atoms with Gasteiger partial charge in [0.2, 0.25) is 0 Å². The van der Waals surface area contributed by atoms with E-state index in [1.54, 1.807) is 0 Å². The molecule has 13 heavy (non-hydrogen) atoms. The van der Waals surface area contributed by atoms with Crippen LogP contribution in [0.5, 0.6) is 0 Å². The number of nitrogens with zero attached hydrogens (tertiary/aromatic N) is 3. The predicted molar refractivity (Wildman–Crippen MR) is 51.7 cm³/mol. The number of fused-ring (bicyclic) bond motifs is 1. The molecule has 2 heterocycles. The maximum atomic E-state index is 4.35. The van der Waals surface area contributed by atoms with Gasteiger partial charge in [0.15, 0.2) is 0 Å². The molecule has 0 aliphatic carbocycles. The smallest absolute Gasteiger partial charge is 0.133 e. The van der Waals surface area contributed by atoms with Gasteiger partial charge in [-0.3, -0.25) is 0 Å². The van der Waals surface area contributed by atoms with Crippen LogP contribution in [0.15, 0.2) is 24.5 Å². The van der Waals surface area contributed by atoms with Crippen molar-refractivity contribution in [1.82, 2.24) is 14.6 Å². The summed E-state index contributed by atoms with van der Waals surface area (Å²) >= 11 is 0. The molecule has 0 bridgehead atoms. The highest BCUT2D eigenvalue weighted by Gasteiger charge is 2.08. The lowest BCUT2D eigenvalue weighted by molar-refractivity contribution is 0.643. The number of hydrogen-bond acceptors (Lipinski definition) is 2. The summed E-state index contributed by atoms with van der Waals surface area (Å²) < 4.78 is 1.91. The van der Waals surface area contributed by atoms with E-state index in [1.165, 1.54) is 0 Å². The summed E-state index contributed by atoms with van der Waals surface area (Å²) in [5.74, 6) is 1.51. The van der Waals surface area contributed by atoms with Gasteiger partial charge in [0.25, 0.3) is 0 Å². The molecule has 0 radical (unpaired) electrons. The zero-order valence-electron chi connectivity index (χ0n) is 7.94. The van der Waals surface area contributed by atoms with Crippen LogP contribution in [0.3, 0.4) is 0 Å². The van der Waals surface area contributed by atoms with Crippen LogP contribution in [-0.4, -0.2) is 14.6 Å². The van der Waals surface area contributed by atoms with Crippen LogP contribution in [0.4, 0.5) is 0 Å². The van der Waals surface area contributed by atoms with Gasteiger partial charge >= 0.3 is 0 Å². The minimum Gasteiger partial charge on any atom is -0.241 e. The van der Waals surface area contributed by atoms with Crippen molar-refractivity contribution in [1.29, 1.82) is 0 Å². The van der Waals surface area contributed by atoms with E-state index in [-0.39, 0.29) is 0 Å². The van der Waals surface area contributed by atoms with Crippen molar-refractivity contribution in [3.63, 3.8) is 0 Å². The monoisotopic (exact) mass is 175 g/mol. The van der Waals surface area contributed by atoms with Gasteiger partial charge in [-0.2, -0.15) is 5.10 Å². The molecule has 0 aromatic carbocycles. The highest BCUT2D eigenvalue weighted by molar-refractivity contribution is 5.44. The Morgan fingerprint density at radius 1 is 1.38 bits per heavy atom. The highest BCUT2D eigenvalue weighted by atomic mass is 15.2. The van der Waals surface area contributed by atoms with Gasteiger partial charge in [0.05, 0.1) is 11.7 Å². The van der Waals surface area contributed by atoms with Crippen LogP contribution in [-0.2, 0) is 0 Å². The van der Waals surface area contributed by atoms with E-state index in [0.717, 1.165) is 17.8 Å². The Hall–Kier alpha value is -1.38. The molecule has 0 aliphatic heterocycles. The maximum absolute atomic E-state index is 4.35. The molecule has 2 aromatic heterocycles. The fourth-order valence-corrected chi connectivity index (χ4v) is 1.39. The van der Waals surface area contributed by atoms with Crippen LogP contribution in [0, 0.1) is 0 Å². The number of rotatable bonds is 2. The number of aromatic nitrogens is 3. The minimum absolute atomic E-state index is 0.462. The molecular weight excluding hydrogens is 162 g/mol. The van der Waals surface area contributed by atoms with Crippen LogP contribution >= 0.6 is 0 Å². The molecule has 0 amide bonds. The molecule has 2 aromatic rings. The third kappa shape index (κ3) is 1.30. The quantitative estimate of drug-likeness (QED) is 0.700. The van der Waals surface area contributed by atoms with Crippen molar-refractivity contribution in [3.05, 3.63) is 30.4 Å². The first kappa shape index (κ1) is 8.23. The lowest BCUT2D eigenvalue weighted by atomic mass is 10.1. The topological polar surface area (TPSA) is 30.2 Å². The van der Waals surface area contributed by atoms with E-state index in [4.69, 9.17) is 0 Å². The number of hydrogen-bond donors (Lipinski definition) is 0. The van der Waals surface area contributed by atoms with E-state index in [0.29, 0.717) is 5.92 Å². The Kier molecular flexibility index (Phi) is 2.00. The zero-order valence-corrected chi connectivity index (χ0v) is 7.94. The summed E-state index contributed by atoms with van der Waals surface area (Å²) in [5, 5.41) is 4.24. The fourth-order valence-electron chi connectivity index (χ4n) is 1.39. The van der Waals surface area contributed by atoms with Crippen LogP contribution in [0.25, 0.3) is 5.52 Å². The maximum Gasteiger partial charge on any atom is 0.133 e. The van der Waals surface area contributed by atoms with E-state index >= 15 is 0 Å². The predicted octanol–water partition coefficient (Wildman–Crippen LogP) is 2.24. The fraction of sp³-hybridized carbons (Fsp3) is 0.400. The van der Waals surface area contributed by atoms with Crippen LogP contribution in [0.1, 0.15) is 32.0 Å². The second-order valence-electron chi connectivity index (χ2n) is 3.28. The summed E-state index contributed by atoms with van der Waals surface area (Å²) in [7, 11) is 0. The average molecular weight is 175 g/mol. The third-order valence-corrected chi connectivity index (χ3v) is 2.39. The van der Waals surface area contributed by atoms with Crippen molar-refractivity contribution < 1.29 is 0 Å². The lowest BCUT2D eigenvalue weighted by Crippen LogP contribution is -2.04. The van der Waals surface area contributed by atoms with Gasteiger partial charge in [0, 0.05) is 12.1 Å². The zero-order chi connectivity index (χ0) is 9.26. The molecule has 1 unspecified atom stereocenters. The summed E-state index contributed by atoms with van der Waals surface area (Å²) in [5.41, 5.74) is 1.12. The molecule has 3 heteroatoms. The van der Waals surface area contributed by atoms with Gasteiger partial charge in [0.1, 0.15) is 5.82 Å². The second kappa shape index (κ2) is 3.17. The third-order valence-electron chi connectivity index (χ3n) is 2.39.